The summed E-state index contributed by atoms with van der Waals surface area (Å²) < 4.78 is 0. The van der Waals surface area contributed by atoms with Gasteiger partial charge in [0.05, 0.1) is 6.61 Å². The second-order valence-corrected chi connectivity index (χ2v) is 4.51. The van der Waals surface area contributed by atoms with Gasteiger partial charge in [-0.3, -0.25) is 0 Å². The zero-order chi connectivity index (χ0) is 12.0. The highest BCUT2D eigenvalue weighted by molar-refractivity contribution is 7.98. The first kappa shape index (κ1) is 12.9. The zero-order valence-corrected chi connectivity index (χ0v) is 10.00. The van der Waals surface area contributed by atoms with Crippen LogP contribution in [0.3, 0.4) is 0 Å². The smallest absolute Gasteiger partial charge is 0.170 e. The number of aliphatic hydroxyl groups is 1. The van der Waals surface area contributed by atoms with Gasteiger partial charge in [0.15, 0.2) is 5.84 Å². The van der Waals surface area contributed by atoms with E-state index < -0.39 is 0 Å². The number of amidine groups is 1. The number of rotatable bonds is 5. The van der Waals surface area contributed by atoms with Crippen LogP contribution in [-0.4, -0.2) is 28.5 Å². The quantitative estimate of drug-likeness (QED) is 0.238. The SMILES string of the molecule is Cc1cc(/C(N)=N/O)ccc1CSCCO. The van der Waals surface area contributed by atoms with Crippen molar-refractivity contribution in [3.63, 3.8) is 0 Å². The normalized spacial score (nSPS) is 11.8. The maximum absolute atomic E-state index is 8.68. The van der Waals surface area contributed by atoms with E-state index in [0.717, 1.165) is 22.6 Å². The molecular weight excluding hydrogens is 224 g/mol. The summed E-state index contributed by atoms with van der Waals surface area (Å²) in [7, 11) is 0. The Morgan fingerprint density at radius 1 is 1.50 bits per heavy atom. The van der Waals surface area contributed by atoms with Crippen LogP contribution < -0.4 is 5.73 Å². The van der Waals surface area contributed by atoms with Gasteiger partial charge in [-0.25, -0.2) is 0 Å². The van der Waals surface area contributed by atoms with Crippen LogP contribution in [0.25, 0.3) is 0 Å². The number of aryl methyl sites for hydroxylation is 1. The summed E-state index contributed by atoms with van der Waals surface area (Å²) >= 11 is 1.68. The number of benzene rings is 1. The number of oxime groups is 1. The second-order valence-electron chi connectivity index (χ2n) is 3.40. The van der Waals surface area contributed by atoms with Gasteiger partial charge in [-0.05, 0) is 24.1 Å². The Labute approximate surface area is 99.2 Å². The molecule has 88 valence electrons. The van der Waals surface area contributed by atoms with Gasteiger partial charge in [-0.15, -0.1) is 0 Å². The van der Waals surface area contributed by atoms with Crippen molar-refractivity contribution in [2.24, 2.45) is 10.9 Å². The van der Waals surface area contributed by atoms with Crippen LogP contribution in [0.5, 0.6) is 0 Å². The minimum absolute atomic E-state index is 0.123. The van der Waals surface area contributed by atoms with Crippen molar-refractivity contribution >= 4 is 17.6 Å². The first-order chi connectivity index (χ1) is 7.69. The first-order valence-corrected chi connectivity index (χ1v) is 6.10. The topological polar surface area (TPSA) is 78.8 Å². The van der Waals surface area contributed by atoms with E-state index in [4.69, 9.17) is 16.0 Å². The lowest BCUT2D eigenvalue weighted by atomic mass is 10.1. The lowest BCUT2D eigenvalue weighted by molar-refractivity contribution is 0.318. The van der Waals surface area contributed by atoms with E-state index in [9.17, 15) is 0 Å². The predicted molar refractivity (Wildman–Crippen MR) is 66.9 cm³/mol. The van der Waals surface area contributed by atoms with Crippen LogP contribution in [0, 0.1) is 6.92 Å². The largest absolute Gasteiger partial charge is 0.409 e. The maximum Gasteiger partial charge on any atom is 0.170 e. The summed E-state index contributed by atoms with van der Waals surface area (Å²) in [5, 5.41) is 20.2. The Kier molecular flexibility index (Phi) is 5.14. The standard InChI is InChI=1S/C11H16N2O2S/c1-8-6-9(11(12)13-15)2-3-10(8)7-16-5-4-14/h2-3,6,14-15H,4-5,7H2,1H3,(H2,12,13). The lowest BCUT2D eigenvalue weighted by Crippen LogP contribution is -2.13. The average molecular weight is 240 g/mol. The summed E-state index contributed by atoms with van der Waals surface area (Å²) in [4.78, 5) is 0. The Hall–Kier alpha value is -1.20. The van der Waals surface area contributed by atoms with Gasteiger partial charge < -0.3 is 16.0 Å². The summed E-state index contributed by atoms with van der Waals surface area (Å²) in [6.45, 7) is 2.19. The number of hydrogen-bond acceptors (Lipinski definition) is 4. The second kappa shape index (κ2) is 6.40. The molecule has 0 saturated heterocycles. The van der Waals surface area contributed by atoms with Gasteiger partial charge in [0.2, 0.25) is 0 Å². The van der Waals surface area contributed by atoms with Crippen LogP contribution in [0.1, 0.15) is 16.7 Å². The molecule has 0 amide bonds. The van der Waals surface area contributed by atoms with Gasteiger partial charge in [0, 0.05) is 17.1 Å². The molecular formula is C11H16N2O2S. The fourth-order valence-corrected chi connectivity index (χ4v) is 2.14. The van der Waals surface area contributed by atoms with Gasteiger partial charge in [0.25, 0.3) is 0 Å². The molecule has 0 aliphatic heterocycles. The number of hydrogen-bond donors (Lipinski definition) is 3. The highest BCUT2D eigenvalue weighted by Gasteiger charge is 2.03. The molecule has 0 atom stereocenters. The van der Waals surface area contributed by atoms with Crippen molar-refractivity contribution in [1.29, 1.82) is 0 Å². The monoisotopic (exact) mass is 240 g/mol. The van der Waals surface area contributed by atoms with Crippen molar-refractivity contribution < 1.29 is 10.3 Å². The van der Waals surface area contributed by atoms with E-state index in [0.29, 0.717) is 0 Å². The number of nitrogens with two attached hydrogens (primary N) is 1. The summed E-state index contributed by atoms with van der Waals surface area (Å²) in [6, 6.07) is 5.69. The molecule has 1 rings (SSSR count). The van der Waals surface area contributed by atoms with E-state index >= 15 is 0 Å². The van der Waals surface area contributed by atoms with E-state index in [1.165, 1.54) is 5.56 Å². The van der Waals surface area contributed by atoms with E-state index in [-0.39, 0.29) is 12.4 Å². The van der Waals surface area contributed by atoms with Crippen LogP contribution in [-0.2, 0) is 5.75 Å². The molecule has 16 heavy (non-hydrogen) atoms. The molecule has 0 saturated carbocycles. The molecule has 4 nitrogen and oxygen atoms in total. The molecule has 4 N–H and O–H groups in total. The molecule has 0 radical (unpaired) electrons. The summed E-state index contributed by atoms with van der Waals surface area (Å²) in [6.07, 6.45) is 0. The number of nitrogens with zero attached hydrogens (tertiary/aromatic N) is 1. The third-order valence-corrected chi connectivity index (χ3v) is 3.23. The van der Waals surface area contributed by atoms with Gasteiger partial charge >= 0.3 is 0 Å². The Bertz CT molecular complexity index is 380. The molecule has 0 unspecified atom stereocenters. The van der Waals surface area contributed by atoms with E-state index in [1.807, 2.05) is 25.1 Å². The first-order valence-electron chi connectivity index (χ1n) is 4.95. The predicted octanol–water partition coefficient (Wildman–Crippen LogP) is 1.32. The zero-order valence-electron chi connectivity index (χ0n) is 9.18. The molecule has 0 heterocycles. The van der Waals surface area contributed by atoms with Crippen LogP contribution in [0.15, 0.2) is 23.4 Å². The van der Waals surface area contributed by atoms with Crippen LogP contribution in [0.2, 0.25) is 0 Å². The third-order valence-electron chi connectivity index (χ3n) is 2.24. The molecule has 0 fully saturated rings. The van der Waals surface area contributed by atoms with Gasteiger partial charge in [-0.1, -0.05) is 17.3 Å². The number of thioether (sulfide) groups is 1. The highest BCUT2D eigenvalue weighted by atomic mass is 32.2. The maximum atomic E-state index is 8.68. The van der Waals surface area contributed by atoms with Crippen LogP contribution >= 0.6 is 11.8 Å². The van der Waals surface area contributed by atoms with Crippen molar-refractivity contribution in [3.05, 3.63) is 34.9 Å². The van der Waals surface area contributed by atoms with Crippen molar-refractivity contribution in [3.8, 4) is 0 Å². The molecule has 0 bridgehead atoms. The van der Waals surface area contributed by atoms with Crippen LogP contribution in [0.4, 0.5) is 0 Å². The van der Waals surface area contributed by atoms with Crippen molar-refractivity contribution in [2.75, 3.05) is 12.4 Å². The molecule has 5 heteroatoms. The molecule has 0 aliphatic rings. The molecule has 1 aromatic carbocycles. The van der Waals surface area contributed by atoms with E-state index in [1.54, 1.807) is 11.8 Å². The minimum Gasteiger partial charge on any atom is -0.409 e. The third kappa shape index (κ3) is 3.43. The Morgan fingerprint density at radius 3 is 2.81 bits per heavy atom. The molecule has 0 spiro atoms. The Balaban J connectivity index is 2.75. The highest BCUT2D eigenvalue weighted by Crippen LogP contribution is 2.17. The van der Waals surface area contributed by atoms with Gasteiger partial charge in [-0.2, -0.15) is 11.8 Å². The Morgan fingerprint density at radius 2 is 2.25 bits per heavy atom. The fraction of sp³-hybridized carbons (Fsp3) is 0.364. The van der Waals surface area contributed by atoms with Crippen molar-refractivity contribution in [1.82, 2.24) is 0 Å². The minimum atomic E-state index is 0.123. The summed E-state index contributed by atoms with van der Waals surface area (Å²) in [5.74, 6) is 1.72. The molecule has 0 aliphatic carbocycles. The summed E-state index contributed by atoms with van der Waals surface area (Å²) in [5.41, 5.74) is 8.52. The fourth-order valence-electron chi connectivity index (χ4n) is 1.32. The van der Waals surface area contributed by atoms with Crippen molar-refractivity contribution in [2.45, 2.75) is 12.7 Å². The van der Waals surface area contributed by atoms with E-state index in [2.05, 4.69) is 5.16 Å². The number of aliphatic hydroxyl groups excluding tert-OH is 1. The molecule has 1 aromatic rings. The van der Waals surface area contributed by atoms with Gasteiger partial charge in [0.1, 0.15) is 0 Å². The average Bonchev–Trinajstić information content (AvgIpc) is 2.30. The lowest BCUT2D eigenvalue weighted by Gasteiger charge is -2.07. The molecule has 0 aromatic heterocycles.